The number of fused-ring (bicyclic) bond motifs is 3. The Kier molecular flexibility index (Phi) is 4.35. The summed E-state index contributed by atoms with van der Waals surface area (Å²) >= 11 is 9.98. The first-order valence-electron chi connectivity index (χ1n) is 6.36. The molecule has 0 heterocycles. The molecule has 0 radical (unpaired) electrons. The molecule has 1 aliphatic rings. The topological polar surface area (TPSA) is 29.1 Å². The number of carbonyl (C=O) groups is 1. The number of carbonyl (C=O) groups excluding carboxylic acids is 1. The Hall–Kier alpha value is -0.860. The van der Waals surface area contributed by atoms with Crippen molar-refractivity contribution < 1.29 is 18.0 Å². The molecule has 23 heavy (non-hydrogen) atoms. The van der Waals surface area contributed by atoms with Gasteiger partial charge in [0, 0.05) is 13.4 Å². The van der Waals surface area contributed by atoms with Crippen LogP contribution in [-0.4, -0.2) is 12.1 Å². The zero-order chi connectivity index (χ0) is 16.9. The molecule has 1 N–H and O–H groups in total. The van der Waals surface area contributed by atoms with Crippen molar-refractivity contribution >= 4 is 59.4 Å². The van der Waals surface area contributed by atoms with Gasteiger partial charge in [-0.3, -0.25) is 4.79 Å². The van der Waals surface area contributed by atoms with Gasteiger partial charge in [0.2, 0.25) is 0 Å². The van der Waals surface area contributed by atoms with Crippen LogP contribution in [0.1, 0.15) is 11.1 Å². The number of rotatable bonds is 1. The van der Waals surface area contributed by atoms with Crippen molar-refractivity contribution in [1.29, 1.82) is 0 Å². The van der Waals surface area contributed by atoms with Crippen molar-refractivity contribution in [2.75, 3.05) is 5.32 Å². The number of amides is 1. The van der Waals surface area contributed by atoms with Gasteiger partial charge in [-0.1, -0.05) is 22.0 Å². The van der Waals surface area contributed by atoms with Gasteiger partial charge in [-0.2, -0.15) is 13.2 Å². The van der Waals surface area contributed by atoms with Crippen molar-refractivity contribution in [2.24, 2.45) is 0 Å². The van der Waals surface area contributed by atoms with E-state index in [1.807, 2.05) is 23.5 Å². The average molecular weight is 514 g/mol. The highest BCUT2D eigenvalue weighted by Crippen LogP contribution is 2.47. The molecule has 1 amide bonds. The van der Waals surface area contributed by atoms with Gasteiger partial charge < -0.3 is 5.32 Å². The fraction of sp³-hybridized carbons (Fsp3) is 0.133. The zero-order valence-electron chi connectivity index (χ0n) is 11.2. The third kappa shape index (κ3) is 3.08. The van der Waals surface area contributed by atoms with Crippen LogP contribution in [0.25, 0.3) is 11.1 Å². The number of hydrogen-bond acceptors (Lipinski definition) is 1. The summed E-state index contributed by atoms with van der Waals surface area (Å²) in [5.74, 6) is -2.00. The molecule has 3 rings (SSSR count). The van der Waals surface area contributed by atoms with E-state index in [1.54, 1.807) is 6.07 Å². The molecule has 0 atom stereocenters. The van der Waals surface area contributed by atoms with Gasteiger partial charge in [0.1, 0.15) is 0 Å². The van der Waals surface area contributed by atoms with Crippen LogP contribution in [0.5, 0.6) is 0 Å². The summed E-state index contributed by atoms with van der Waals surface area (Å²) in [6.07, 6.45) is -4.36. The number of nitrogens with one attached hydrogen (secondary N) is 1. The number of anilines is 1. The van der Waals surface area contributed by atoms with Crippen LogP contribution in [0.3, 0.4) is 0 Å². The Bertz CT molecular complexity index is 834. The van der Waals surface area contributed by atoms with Gasteiger partial charge in [-0.25, -0.2) is 0 Å². The standard InChI is InChI=1S/C15H7Br3F3NO/c16-7-1-2-8-6(3-7)4-10-9(8)5-11(17)13(12(10)18)22-14(23)15(19,20)21/h1-3,5H,4H2,(H,22,23). The molecule has 120 valence electrons. The van der Waals surface area contributed by atoms with Crippen LogP contribution in [0.15, 0.2) is 37.7 Å². The van der Waals surface area contributed by atoms with E-state index < -0.39 is 12.1 Å². The summed E-state index contributed by atoms with van der Waals surface area (Å²) in [6.45, 7) is 0. The van der Waals surface area contributed by atoms with E-state index in [1.165, 1.54) is 0 Å². The second kappa shape index (κ2) is 5.89. The van der Waals surface area contributed by atoms with Crippen molar-refractivity contribution in [2.45, 2.75) is 12.6 Å². The van der Waals surface area contributed by atoms with Crippen LogP contribution in [-0.2, 0) is 11.2 Å². The van der Waals surface area contributed by atoms with Crippen LogP contribution in [0.2, 0.25) is 0 Å². The van der Waals surface area contributed by atoms with Gasteiger partial charge >= 0.3 is 12.1 Å². The average Bonchev–Trinajstić information content (AvgIpc) is 2.80. The normalized spacial score (nSPS) is 12.8. The number of hydrogen-bond donors (Lipinski definition) is 1. The zero-order valence-corrected chi connectivity index (χ0v) is 16.0. The minimum atomic E-state index is -4.94. The lowest BCUT2D eigenvalue weighted by molar-refractivity contribution is -0.167. The van der Waals surface area contributed by atoms with E-state index in [0.717, 1.165) is 26.7 Å². The molecule has 2 nitrogen and oxygen atoms in total. The molecule has 2 aromatic carbocycles. The van der Waals surface area contributed by atoms with Crippen molar-refractivity contribution in [1.82, 2.24) is 0 Å². The Balaban J connectivity index is 2.07. The fourth-order valence-corrected chi connectivity index (χ4v) is 4.40. The molecule has 8 heteroatoms. The first-order chi connectivity index (χ1) is 10.7. The van der Waals surface area contributed by atoms with Crippen LogP contribution in [0.4, 0.5) is 18.9 Å². The van der Waals surface area contributed by atoms with Gasteiger partial charge in [0.25, 0.3) is 0 Å². The van der Waals surface area contributed by atoms with Crippen molar-refractivity contribution in [3.63, 3.8) is 0 Å². The van der Waals surface area contributed by atoms with E-state index in [0.29, 0.717) is 15.4 Å². The lowest BCUT2D eigenvalue weighted by Crippen LogP contribution is -2.30. The smallest absolute Gasteiger partial charge is 0.316 e. The third-order valence-electron chi connectivity index (χ3n) is 3.54. The van der Waals surface area contributed by atoms with Crippen LogP contribution in [0, 0.1) is 0 Å². The molecule has 0 saturated carbocycles. The van der Waals surface area contributed by atoms with Crippen LogP contribution < -0.4 is 5.32 Å². The summed E-state index contributed by atoms with van der Waals surface area (Å²) in [6, 6.07) is 7.57. The summed E-state index contributed by atoms with van der Waals surface area (Å²) in [7, 11) is 0. The highest BCUT2D eigenvalue weighted by molar-refractivity contribution is 9.11. The quantitative estimate of drug-likeness (QED) is 0.422. The number of halogens is 6. The Morgan fingerprint density at radius 3 is 2.43 bits per heavy atom. The van der Waals surface area contributed by atoms with E-state index in [9.17, 15) is 18.0 Å². The second-order valence-corrected chi connectivity index (χ2v) is 7.57. The lowest BCUT2D eigenvalue weighted by Gasteiger charge is -2.14. The van der Waals surface area contributed by atoms with E-state index in [-0.39, 0.29) is 5.69 Å². The molecule has 1 aliphatic carbocycles. The monoisotopic (exact) mass is 511 g/mol. The highest BCUT2D eigenvalue weighted by atomic mass is 79.9. The maximum Gasteiger partial charge on any atom is 0.471 e. The molecule has 0 saturated heterocycles. The SMILES string of the molecule is O=C(Nc1c(Br)cc2c(c1Br)Cc1cc(Br)ccc1-2)C(F)(F)F. The molecule has 0 unspecified atom stereocenters. The minimum absolute atomic E-state index is 0.0814. The molecular formula is C15H7Br3F3NO. The summed E-state index contributed by atoms with van der Waals surface area (Å²) < 4.78 is 39.2. The minimum Gasteiger partial charge on any atom is -0.316 e. The summed E-state index contributed by atoms with van der Waals surface area (Å²) in [5, 5.41) is 1.92. The second-order valence-electron chi connectivity index (χ2n) is 5.00. The number of benzene rings is 2. The molecule has 0 aliphatic heterocycles. The molecular weight excluding hydrogens is 507 g/mol. The fourth-order valence-electron chi connectivity index (χ4n) is 2.53. The number of alkyl halides is 3. The molecule has 0 spiro atoms. The largest absolute Gasteiger partial charge is 0.471 e. The van der Waals surface area contributed by atoms with Crippen LogP contribution >= 0.6 is 47.8 Å². The van der Waals surface area contributed by atoms with Gasteiger partial charge in [-0.05, 0) is 78.7 Å². The van der Waals surface area contributed by atoms with Crippen molar-refractivity contribution in [3.05, 3.63) is 48.8 Å². The van der Waals surface area contributed by atoms with Gasteiger partial charge in [0.15, 0.2) is 0 Å². The predicted molar refractivity (Wildman–Crippen MR) is 92.5 cm³/mol. The molecule has 2 aromatic rings. The van der Waals surface area contributed by atoms with Crippen molar-refractivity contribution in [3.8, 4) is 11.1 Å². The molecule has 0 bridgehead atoms. The third-order valence-corrected chi connectivity index (χ3v) is 5.53. The van der Waals surface area contributed by atoms with E-state index in [2.05, 4.69) is 47.8 Å². The van der Waals surface area contributed by atoms with Gasteiger partial charge in [-0.15, -0.1) is 0 Å². The van der Waals surface area contributed by atoms with Gasteiger partial charge in [0.05, 0.1) is 5.69 Å². The Labute approximate surface area is 154 Å². The molecule has 0 fully saturated rings. The lowest BCUT2D eigenvalue weighted by atomic mass is 10.1. The highest BCUT2D eigenvalue weighted by Gasteiger charge is 2.39. The first-order valence-corrected chi connectivity index (χ1v) is 8.74. The van der Waals surface area contributed by atoms with E-state index in [4.69, 9.17) is 0 Å². The summed E-state index contributed by atoms with van der Waals surface area (Å²) in [4.78, 5) is 11.2. The Morgan fingerprint density at radius 1 is 1.09 bits per heavy atom. The maximum atomic E-state index is 12.5. The molecule has 0 aromatic heterocycles. The first kappa shape index (κ1) is 17.0. The Morgan fingerprint density at radius 2 is 1.78 bits per heavy atom. The summed E-state index contributed by atoms with van der Waals surface area (Å²) in [5.41, 5.74) is 3.95. The predicted octanol–water partition coefficient (Wildman–Crippen LogP) is 6.05. The van der Waals surface area contributed by atoms with E-state index >= 15 is 0 Å². The maximum absolute atomic E-state index is 12.5.